The van der Waals surface area contributed by atoms with Crippen molar-refractivity contribution in [2.45, 2.75) is 13.3 Å². The molecular formula is C13H16N2O. The highest BCUT2D eigenvalue weighted by molar-refractivity contribution is 6.09. The Morgan fingerprint density at radius 1 is 1.44 bits per heavy atom. The molecular weight excluding hydrogens is 200 g/mol. The van der Waals surface area contributed by atoms with Gasteiger partial charge in [0.1, 0.15) is 0 Å². The molecule has 1 aromatic carbocycles. The van der Waals surface area contributed by atoms with Gasteiger partial charge in [0.25, 0.3) is 0 Å². The van der Waals surface area contributed by atoms with E-state index >= 15 is 0 Å². The summed E-state index contributed by atoms with van der Waals surface area (Å²) in [5.74, 6) is -0.00106. The first-order valence-corrected chi connectivity index (χ1v) is 5.49. The van der Waals surface area contributed by atoms with E-state index in [1.54, 1.807) is 0 Å². The molecule has 0 saturated heterocycles. The average Bonchev–Trinajstić information content (AvgIpc) is 2.66. The summed E-state index contributed by atoms with van der Waals surface area (Å²) in [7, 11) is 1.97. The molecule has 0 aliphatic carbocycles. The molecule has 2 aromatic rings. The van der Waals surface area contributed by atoms with Crippen LogP contribution in [-0.2, 0) is 13.5 Å². The molecule has 2 N–H and O–H groups in total. The second-order valence-electron chi connectivity index (χ2n) is 3.95. The Hall–Kier alpha value is -1.61. The van der Waals surface area contributed by atoms with Gasteiger partial charge >= 0.3 is 0 Å². The van der Waals surface area contributed by atoms with Crippen molar-refractivity contribution in [2.75, 3.05) is 6.54 Å². The van der Waals surface area contributed by atoms with Crippen molar-refractivity contribution in [1.82, 2.24) is 4.57 Å². The fraction of sp³-hybridized carbons (Fsp3) is 0.308. The van der Waals surface area contributed by atoms with Crippen LogP contribution in [-0.4, -0.2) is 16.9 Å². The molecule has 0 saturated carbocycles. The first-order chi connectivity index (χ1) is 7.69. The number of carbonyl (C=O) groups excluding carboxylic acids is 1. The molecule has 0 atom stereocenters. The second-order valence-corrected chi connectivity index (χ2v) is 3.95. The molecule has 2 rings (SSSR count). The Morgan fingerprint density at radius 3 is 2.81 bits per heavy atom. The van der Waals surface area contributed by atoms with Gasteiger partial charge in [0.05, 0.1) is 12.1 Å². The maximum atomic E-state index is 11.7. The third-order valence-electron chi connectivity index (χ3n) is 2.95. The summed E-state index contributed by atoms with van der Waals surface area (Å²) in [6.45, 7) is 2.18. The number of Topliss-reactive ketones (excluding diaryl/α,β-unsaturated/α-hetero) is 1. The number of nitrogens with zero attached hydrogens (tertiary/aromatic N) is 1. The van der Waals surface area contributed by atoms with E-state index in [4.69, 9.17) is 5.73 Å². The summed E-state index contributed by atoms with van der Waals surface area (Å²) in [6, 6.07) is 6.07. The highest BCUT2D eigenvalue weighted by Crippen LogP contribution is 2.24. The Morgan fingerprint density at radius 2 is 2.19 bits per heavy atom. The average molecular weight is 216 g/mol. The number of para-hydroxylation sites is 1. The smallest absolute Gasteiger partial charge is 0.178 e. The van der Waals surface area contributed by atoms with Crippen LogP contribution in [0.25, 0.3) is 10.9 Å². The molecule has 0 spiro atoms. The first kappa shape index (κ1) is 10.9. The number of hydrogen-bond acceptors (Lipinski definition) is 2. The molecule has 0 aliphatic rings. The Bertz CT molecular complexity index is 540. The van der Waals surface area contributed by atoms with E-state index in [1.807, 2.05) is 29.9 Å². The molecule has 0 radical (unpaired) electrons. The van der Waals surface area contributed by atoms with Crippen molar-refractivity contribution >= 4 is 16.7 Å². The van der Waals surface area contributed by atoms with Crippen molar-refractivity contribution in [3.8, 4) is 0 Å². The van der Waals surface area contributed by atoms with Gasteiger partial charge in [-0.25, -0.2) is 0 Å². The van der Waals surface area contributed by atoms with Crippen LogP contribution in [0, 0.1) is 0 Å². The van der Waals surface area contributed by atoms with Gasteiger partial charge in [-0.05, 0) is 12.0 Å². The molecule has 0 unspecified atom stereocenters. The molecule has 1 heterocycles. The summed E-state index contributed by atoms with van der Waals surface area (Å²) in [4.78, 5) is 11.7. The van der Waals surface area contributed by atoms with E-state index in [1.165, 1.54) is 5.56 Å². The van der Waals surface area contributed by atoms with Gasteiger partial charge in [-0.1, -0.05) is 25.1 Å². The number of rotatable bonds is 3. The molecule has 1 aromatic heterocycles. The third kappa shape index (κ3) is 1.53. The van der Waals surface area contributed by atoms with Crippen molar-refractivity contribution in [1.29, 1.82) is 0 Å². The van der Waals surface area contributed by atoms with Gasteiger partial charge in [-0.2, -0.15) is 0 Å². The van der Waals surface area contributed by atoms with Crippen LogP contribution in [0.2, 0.25) is 0 Å². The van der Waals surface area contributed by atoms with E-state index in [9.17, 15) is 4.79 Å². The minimum Gasteiger partial charge on any atom is -0.350 e. The number of nitrogens with two attached hydrogens (primary N) is 1. The minimum absolute atomic E-state index is 0.00106. The van der Waals surface area contributed by atoms with Gasteiger partial charge in [-0.3, -0.25) is 4.79 Å². The zero-order valence-electron chi connectivity index (χ0n) is 9.66. The lowest BCUT2D eigenvalue weighted by Crippen LogP contribution is -2.13. The maximum Gasteiger partial charge on any atom is 0.178 e. The highest BCUT2D eigenvalue weighted by Gasteiger charge is 2.13. The van der Waals surface area contributed by atoms with Crippen molar-refractivity contribution in [3.63, 3.8) is 0 Å². The number of aryl methyl sites for hydroxylation is 2. The van der Waals surface area contributed by atoms with Crippen LogP contribution < -0.4 is 5.73 Å². The van der Waals surface area contributed by atoms with Crippen LogP contribution in [0.1, 0.15) is 22.8 Å². The SMILES string of the molecule is CCc1cccc2c(C(=O)CN)cn(C)c12. The third-order valence-corrected chi connectivity index (χ3v) is 2.95. The molecule has 3 nitrogen and oxygen atoms in total. The van der Waals surface area contributed by atoms with Crippen LogP contribution in [0.3, 0.4) is 0 Å². The fourth-order valence-corrected chi connectivity index (χ4v) is 2.17. The molecule has 0 bridgehead atoms. The first-order valence-electron chi connectivity index (χ1n) is 5.49. The van der Waals surface area contributed by atoms with Crippen LogP contribution in [0.5, 0.6) is 0 Å². The van der Waals surface area contributed by atoms with Crippen LogP contribution in [0.4, 0.5) is 0 Å². The van der Waals surface area contributed by atoms with E-state index in [0.29, 0.717) is 0 Å². The monoisotopic (exact) mass is 216 g/mol. The summed E-state index contributed by atoms with van der Waals surface area (Å²) >= 11 is 0. The summed E-state index contributed by atoms with van der Waals surface area (Å²) in [6.07, 6.45) is 2.84. The molecule has 84 valence electrons. The number of ketones is 1. The molecule has 3 heteroatoms. The summed E-state index contributed by atoms with van der Waals surface area (Å²) in [5, 5.41) is 1.01. The van der Waals surface area contributed by atoms with Gasteiger partial charge in [0.2, 0.25) is 0 Å². The minimum atomic E-state index is -0.00106. The zero-order valence-corrected chi connectivity index (χ0v) is 9.66. The number of benzene rings is 1. The number of fused-ring (bicyclic) bond motifs is 1. The van der Waals surface area contributed by atoms with E-state index in [2.05, 4.69) is 13.0 Å². The van der Waals surface area contributed by atoms with Crippen LogP contribution in [0.15, 0.2) is 24.4 Å². The maximum absolute atomic E-state index is 11.7. The van der Waals surface area contributed by atoms with E-state index < -0.39 is 0 Å². The highest BCUT2D eigenvalue weighted by atomic mass is 16.1. The number of carbonyl (C=O) groups is 1. The molecule has 0 amide bonds. The largest absolute Gasteiger partial charge is 0.350 e. The van der Waals surface area contributed by atoms with Gasteiger partial charge in [0.15, 0.2) is 5.78 Å². The van der Waals surface area contributed by atoms with Gasteiger partial charge in [0, 0.05) is 24.2 Å². The number of hydrogen-bond donors (Lipinski definition) is 1. The summed E-state index contributed by atoms with van der Waals surface area (Å²) < 4.78 is 2.01. The predicted molar refractivity (Wildman–Crippen MR) is 65.7 cm³/mol. The Labute approximate surface area is 94.9 Å². The fourth-order valence-electron chi connectivity index (χ4n) is 2.17. The summed E-state index contributed by atoms with van der Waals surface area (Å²) in [5.41, 5.74) is 8.55. The predicted octanol–water partition coefficient (Wildman–Crippen LogP) is 1.88. The molecule has 0 fully saturated rings. The molecule has 0 aliphatic heterocycles. The normalized spacial score (nSPS) is 10.9. The number of aromatic nitrogens is 1. The molecule has 16 heavy (non-hydrogen) atoms. The lowest BCUT2D eigenvalue weighted by atomic mass is 10.1. The topological polar surface area (TPSA) is 48.0 Å². The Kier molecular flexibility index (Phi) is 2.79. The Balaban J connectivity index is 2.76. The van der Waals surface area contributed by atoms with Crippen molar-refractivity contribution in [2.24, 2.45) is 12.8 Å². The van der Waals surface area contributed by atoms with Crippen molar-refractivity contribution < 1.29 is 4.79 Å². The van der Waals surface area contributed by atoms with Crippen LogP contribution >= 0.6 is 0 Å². The zero-order chi connectivity index (χ0) is 11.7. The quantitative estimate of drug-likeness (QED) is 0.796. The van der Waals surface area contributed by atoms with Gasteiger partial charge in [-0.15, -0.1) is 0 Å². The van der Waals surface area contributed by atoms with E-state index in [-0.39, 0.29) is 12.3 Å². The lowest BCUT2D eigenvalue weighted by Gasteiger charge is -2.02. The van der Waals surface area contributed by atoms with E-state index in [0.717, 1.165) is 22.9 Å². The van der Waals surface area contributed by atoms with Gasteiger partial charge < -0.3 is 10.3 Å². The lowest BCUT2D eigenvalue weighted by molar-refractivity contribution is 0.100. The van der Waals surface area contributed by atoms with Crippen molar-refractivity contribution in [3.05, 3.63) is 35.5 Å². The second kappa shape index (κ2) is 4.10. The standard InChI is InChI=1S/C13H16N2O/c1-3-9-5-4-6-10-11(12(16)7-14)8-15(2)13(9)10/h4-6,8H,3,7,14H2,1-2H3.